The molecule has 1 aliphatic rings. The lowest BCUT2D eigenvalue weighted by atomic mass is 9.82. The highest BCUT2D eigenvalue weighted by molar-refractivity contribution is 7.85. The Kier molecular flexibility index (Phi) is 6.41. The van der Waals surface area contributed by atoms with Gasteiger partial charge in [-0.05, 0) is 53.8 Å². The van der Waals surface area contributed by atoms with Crippen LogP contribution in [0.1, 0.15) is 23.1 Å². The van der Waals surface area contributed by atoms with E-state index in [0.29, 0.717) is 29.0 Å². The number of nitrogens with two attached hydrogens (primary N) is 1. The summed E-state index contributed by atoms with van der Waals surface area (Å²) >= 11 is 0. The van der Waals surface area contributed by atoms with Crippen LogP contribution in [0, 0.1) is 0 Å². The number of nitrogens with zero attached hydrogens (tertiary/aromatic N) is 2. The van der Waals surface area contributed by atoms with E-state index in [1.54, 1.807) is 37.4 Å². The van der Waals surface area contributed by atoms with Crippen molar-refractivity contribution in [3.05, 3.63) is 95.6 Å². The highest BCUT2D eigenvalue weighted by Gasteiger charge is 2.49. The second-order valence-corrected chi connectivity index (χ2v) is 9.65. The molecule has 1 aliphatic heterocycles. The lowest BCUT2D eigenvalue weighted by Crippen LogP contribution is -2.41. The molecule has 3 N–H and O–H groups in total. The maximum absolute atomic E-state index is 13.5. The molecule has 1 atom stereocenters. The van der Waals surface area contributed by atoms with Crippen molar-refractivity contribution >= 4 is 22.0 Å². The summed E-state index contributed by atoms with van der Waals surface area (Å²) in [6, 6.07) is 23.8. The lowest BCUT2D eigenvalue weighted by molar-refractivity contribution is -0.129. The van der Waals surface area contributed by atoms with Crippen molar-refractivity contribution in [3.8, 4) is 11.5 Å². The van der Waals surface area contributed by atoms with Gasteiger partial charge in [-0.2, -0.15) is 8.42 Å². The molecule has 0 spiro atoms. The Balaban J connectivity index is 1.69. The van der Waals surface area contributed by atoms with Gasteiger partial charge in [0.2, 0.25) is 0 Å². The third kappa shape index (κ3) is 4.80. The molecule has 0 saturated heterocycles. The first-order valence-electron chi connectivity index (χ1n) is 10.7. The fourth-order valence-electron chi connectivity index (χ4n) is 3.96. The number of hydrogen-bond donors (Lipinski definition) is 2. The van der Waals surface area contributed by atoms with Gasteiger partial charge in [0.25, 0.3) is 16.0 Å². The third-order valence-corrected chi connectivity index (χ3v) is 6.51. The summed E-state index contributed by atoms with van der Waals surface area (Å²) in [7, 11) is -2.42. The molecule has 0 bridgehead atoms. The Morgan fingerprint density at radius 2 is 1.65 bits per heavy atom. The van der Waals surface area contributed by atoms with Gasteiger partial charge in [0, 0.05) is 7.05 Å². The van der Waals surface area contributed by atoms with Gasteiger partial charge in [-0.3, -0.25) is 14.2 Å². The number of benzene rings is 3. The summed E-state index contributed by atoms with van der Waals surface area (Å²) in [5.74, 6) is 0.733. The summed E-state index contributed by atoms with van der Waals surface area (Å²) in [5, 5.41) is 0. The van der Waals surface area contributed by atoms with Crippen LogP contribution in [0.4, 0.5) is 0 Å². The Bertz CT molecular complexity index is 1320. The van der Waals surface area contributed by atoms with Crippen LogP contribution in [0.2, 0.25) is 0 Å². The molecule has 0 radical (unpaired) electrons. The SMILES string of the molecule is CN1C(=O)C(c2ccc(CCCS(=O)(=O)O)cc2)(c2cccc(Oc3ccccc3)c2)N=C1N. The van der Waals surface area contributed by atoms with E-state index >= 15 is 0 Å². The van der Waals surface area contributed by atoms with Crippen LogP contribution >= 0.6 is 0 Å². The van der Waals surface area contributed by atoms with Gasteiger partial charge in [0.05, 0.1) is 5.75 Å². The van der Waals surface area contributed by atoms with Crippen molar-refractivity contribution in [3.63, 3.8) is 0 Å². The van der Waals surface area contributed by atoms with Gasteiger partial charge in [-0.1, -0.05) is 54.6 Å². The molecule has 1 heterocycles. The van der Waals surface area contributed by atoms with E-state index < -0.39 is 15.7 Å². The average molecular weight is 480 g/mol. The predicted octanol–water partition coefficient (Wildman–Crippen LogP) is 3.33. The number of likely N-dealkylation sites (N-methyl/N-ethyl adjacent to an activating group) is 1. The van der Waals surface area contributed by atoms with Crippen LogP contribution in [0.15, 0.2) is 83.9 Å². The minimum absolute atomic E-state index is 0.108. The van der Waals surface area contributed by atoms with Crippen LogP contribution in [0.25, 0.3) is 0 Å². The summed E-state index contributed by atoms with van der Waals surface area (Å²) in [5.41, 5.74) is 6.80. The number of hydrogen-bond acceptors (Lipinski definition) is 6. The first-order valence-corrected chi connectivity index (χ1v) is 12.3. The van der Waals surface area contributed by atoms with Crippen molar-refractivity contribution in [1.29, 1.82) is 0 Å². The number of rotatable bonds is 8. The van der Waals surface area contributed by atoms with E-state index in [-0.39, 0.29) is 24.0 Å². The highest BCUT2D eigenvalue weighted by Crippen LogP contribution is 2.40. The third-order valence-electron chi connectivity index (χ3n) is 5.71. The smallest absolute Gasteiger partial charge is 0.266 e. The first kappa shape index (κ1) is 23.5. The van der Waals surface area contributed by atoms with Crippen LogP contribution < -0.4 is 10.5 Å². The lowest BCUT2D eigenvalue weighted by Gasteiger charge is -2.26. The zero-order valence-electron chi connectivity index (χ0n) is 18.6. The maximum atomic E-state index is 13.5. The van der Waals surface area contributed by atoms with Crippen molar-refractivity contribution in [2.45, 2.75) is 18.4 Å². The fraction of sp³-hybridized carbons (Fsp3) is 0.200. The fourth-order valence-corrected chi connectivity index (χ4v) is 4.47. The topological polar surface area (TPSA) is 122 Å². The number of guanidine groups is 1. The van der Waals surface area contributed by atoms with E-state index in [1.165, 1.54) is 4.90 Å². The molecule has 8 nitrogen and oxygen atoms in total. The van der Waals surface area contributed by atoms with Crippen molar-refractivity contribution in [2.24, 2.45) is 10.7 Å². The number of aryl methyl sites for hydroxylation is 1. The highest BCUT2D eigenvalue weighted by atomic mass is 32.2. The molecule has 0 saturated carbocycles. The summed E-state index contributed by atoms with van der Waals surface area (Å²) < 4.78 is 36.8. The molecule has 1 unspecified atom stereocenters. The van der Waals surface area contributed by atoms with Crippen LogP contribution in [-0.2, 0) is 26.9 Å². The monoisotopic (exact) mass is 479 g/mol. The van der Waals surface area contributed by atoms with Crippen molar-refractivity contribution < 1.29 is 22.5 Å². The molecular formula is C25H25N3O5S. The Morgan fingerprint density at radius 1 is 0.971 bits per heavy atom. The zero-order valence-corrected chi connectivity index (χ0v) is 19.4. The zero-order chi connectivity index (χ0) is 24.3. The van der Waals surface area contributed by atoms with Crippen LogP contribution in [0.5, 0.6) is 11.5 Å². The van der Waals surface area contributed by atoms with Gasteiger partial charge in [0.1, 0.15) is 11.5 Å². The molecule has 9 heteroatoms. The molecule has 3 aromatic rings. The van der Waals surface area contributed by atoms with E-state index in [1.807, 2.05) is 48.5 Å². The van der Waals surface area contributed by atoms with E-state index in [9.17, 15) is 13.2 Å². The predicted molar refractivity (Wildman–Crippen MR) is 129 cm³/mol. The second kappa shape index (κ2) is 9.28. The molecule has 1 amide bonds. The molecular weight excluding hydrogens is 454 g/mol. The second-order valence-electron chi connectivity index (χ2n) is 8.07. The minimum Gasteiger partial charge on any atom is -0.457 e. The van der Waals surface area contributed by atoms with E-state index in [4.69, 9.17) is 15.0 Å². The average Bonchev–Trinajstić information content (AvgIpc) is 3.04. The molecule has 0 fully saturated rings. The van der Waals surface area contributed by atoms with Crippen LogP contribution in [0.3, 0.4) is 0 Å². The number of amides is 1. The van der Waals surface area contributed by atoms with Crippen molar-refractivity contribution in [1.82, 2.24) is 4.90 Å². The van der Waals surface area contributed by atoms with Gasteiger partial charge in [-0.25, -0.2) is 4.99 Å². The normalized spacial score (nSPS) is 18.1. The van der Waals surface area contributed by atoms with Gasteiger partial charge < -0.3 is 10.5 Å². The van der Waals surface area contributed by atoms with Crippen molar-refractivity contribution in [2.75, 3.05) is 12.8 Å². The summed E-state index contributed by atoms with van der Waals surface area (Å²) in [4.78, 5) is 19.4. The van der Waals surface area contributed by atoms with E-state index in [0.717, 1.165) is 5.56 Å². The Labute approximate surface area is 198 Å². The van der Waals surface area contributed by atoms with Crippen LogP contribution in [-0.4, -0.2) is 42.5 Å². The van der Waals surface area contributed by atoms with Gasteiger partial charge in [-0.15, -0.1) is 0 Å². The summed E-state index contributed by atoms with van der Waals surface area (Å²) in [6.07, 6.45) is 0.752. The van der Waals surface area contributed by atoms with Gasteiger partial charge in [0.15, 0.2) is 11.5 Å². The number of aliphatic imine (C=N–C) groups is 1. The maximum Gasteiger partial charge on any atom is 0.266 e. The quantitative estimate of drug-likeness (QED) is 0.478. The number of ether oxygens (including phenoxy) is 1. The number of carbonyl (C=O) groups excluding carboxylic acids is 1. The minimum atomic E-state index is -4.00. The largest absolute Gasteiger partial charge is 0.457 e. The molecule has 0 aromatic heterocycles. The molecule has 0 aliphatic carbocycles. The molecule has 4 rings (SSSR count). The summed E-state index contributed by atoms with van der Waals surface area (Å²) in [6.45, 7) is 0. The molecule has 34 heavy (non-hydrogen) atoms. The Morgan fingerprint density at radius 3 is 2.26 bits per heavy atom. The number of carbonyl (C=O) groups is 1. The van der Waals surface area contributed by atoms with Gasteiger partial charge >= 0.3 is 0 Å². The molecule has 3 aromatic carbocycles. The Hall–Kier alpha value is -3.69. The standard InChI is InChI=1S/C25H25N3O5S/c1-28-23(29)25(27-24(28)26,19-14-12-18(13-15-19)7-6-16-34(30,31)32)20-8-5-11-22(17-20)33-21-9-3-2-4-10-21/h2-5,8-15,17H,6-7,16H2,1H3,(H2,26,27)(H,30,31,32). The first-order chi connectivity index (χ1) is 16.2. The molecule has 176 valence electrons. The number of para-hydroxylation sites is 1. The van der Waals surface area contributed by atoms with E-state index in [2.05, 4.69) is 4.99 Å².